The van der Waals surface area contributed by atoms with E-state index < -0.39 is 5.97 Å². The Morgan fingerprint density at radius 2 is 1.96 bits per heavy atom. The lowest BCUT2D eigenvalue weighted by atomic mass is 9.94. The van der Waals surface area contributed by atoms with Crippen molar-refractivity contribution >= 4 is 29.2 Å². The molecule has 0 atom stereocenters. The van der Waals surface area contributed by atoms with Crippen LogP contribution in [0.2, 0.25) is 0 Å². The average Bonchev–Trinajstić information content (AvgIpc) is 3.24. The van der Waals surface area contributed by atoms with E-state index in [0.717, 1.165) is 16.7 Å². The number of fused-ring (bicyclic) bond motifs is 1. The zero-order chi connectivity index (χ0) is 19.7. The number of hydrogen-bond acceptors (Lipinski definition) is 4. The monoisotopic (exact) mass is 375 g/mol. The Labute approximate surface area is 160 Å². The third kappa shape index (κ3) is 2.97. The van der Waals surface area contributed by atoms with Gasteiger partial charge in [0, 0.05) is 42.1 Å². The Morgan fingerprint density at radius 1 is 1.18 bits per heavy atom. The van der Waals surface area contributed by atoms with E-state index in [9.17, 15) is 19.8 Å². The molecule has 0 radical (unpaired) electrons. The highest BCUT2D eigenvalue weighted by atomic mass is 16.4. The molecule has 7 nitrogen and oxygen atoms in total. The smallest absolute Gasteiger partial charge is 0.337 e. The molecule has 28 heavy (non-hydrogen) atoms. The highest BCUT2D eigenvalue weighted by Gasteiger charge is 2.28. The maximum absolute atomic E-state index is 12.7. The van der Waals surface area contributed by atoms with E-state index >= 15 is 0 Å². The fraction of sp³-hybridized carbons (Fsp3) is 0.0952. The number of carbonyl (C=O) groups is 2. The zero-order valence-corrected chi connectivity index (χ0v) is 14.8. The number of pyridine rings is 1. The molecule has 0 fully saturated rings. The molecule has 0 saturated carbocycles. The van der Waals surface area contributed by atoms with Gasteiger partial charge in [-0.15, -0.1) is 0 Å². The van der Waals surface area contributed by atoms with Crippen molar-refractivity contribution < 1.29 is 19.8 Å². The summed E-state index contributed by atoms with van der Waals surface area (Å²) in [5.41, 5.74) is 4.71. The summed E-state index contributed by atoms with van der Waals surface area (Å²) >= 11 is 0. The van der Waals surface area contributed by atoms with Crippen LogP contribution in [-0.4, -0.2) is 38.7 Å². The summed E-state index contributed by atoms with van der Waals surface area (Å²) in [6.45, 7) is -0.195. The molecule has 1 aliphatic rings. The van der Waals surface area contributed by atoms with E-state index in [1.807, 2.05) is 30.3 Å². The Bertz CT molecular complexity index is 1100. The normalized spacial score (nSPS) is 14.2. The second kappa shape index (κ2) is 7.13. The third-order valence-electron chi connectivity index (χ3n) is 4.72. The van der Waals surface area contributed by atoms with Crippen molar-refractivity contribution in [3.8, 4) is 11.1 Å². The molecule has 3 heterocycles. The number of aromatic amines is 1. The van der Waals surface area contributed by atoms with E-state index in [-0.39, 0.29) is 24.5 Å². The van der Waals surface area contributed by atoms with Crippen molar-refractivity contribution in [2.75, 3.05) is 11.9 Å². The number of nitrogens with zero attached hydrogens (tertiary/aromatic N) is 1. The van der Waals surface area contributed by atoms with Crippen LogP contribution in [0.4, 0.5) is 5.69 Å². The van der Waals surface area contributed by atoms with Gasteiger partial charge in [-0.05, 0) is 47.4 Å². The second-order valence-corrected chi connectivity index (χ2v) is 6.35. The Balaban J connectivity index is 1.89. The van der Waals surface area contributed by atoms with E-state index in [1.54, 1.807) is 18.5 Å². The molecule has 1 aromatic carbocycles. The molecular weight excluding hydrogens is 358 g/mol. The summed E-state index contributed by atoms with van der Waals surface area (Å²) in [4.78, 5) is 31.1. The highest BCUT2D eigenvalue weighted by Crippen LogP contribution is 2.40. The van der Waals surface area contributed by atoms with Crippen molar-refractivity contribution in [2.24, 2.45) is 0 Å². The number of anilines is 1. The number of aliphatic hydroxyl groups excluding tert-OH is 1. The first-order chi connectivity index (χ1) is 13.6. The van der Waals surface area contributed by atoms with E-state index in [2.05, 4.69) is 15.3 Å². The third-order valence-corrected chi connectivity index (χ3v) is 4.72. The molecule has 1 amide bonds. The number of carboxylic acid groups (broad SMARTS) is 1. The molecule has 0 unspecified atom stereocenters. The van der Waals surface area contributed by atoms with Crippen LogP contribution in [0.25, 0.3) is 22.8 Å². The first kappa shape index (κ1) is 17.7. The number of aromatic nitrogens is 2. The fourth-order valence-corrected chi connectivity index (χ4v) is 3.47. The molecular formula is C21H17N3O4. The summed E-state index contributed by atoms with van der Waals surface area (Å²) < 4.78 is 0. The average molecular weight is 375 g/mol. The van der Waals surface area contributed by atoms with E-state index in [4.69, 9.17) is 0 Å². The molecule has 4 rings (SSSR count). The lowest BCUT2D eigenvalue weighted by Crippen LogP contribution is -2.05. The van der Waals surface area contributed by atoms with Gasteiger partial charge in [-0.2, -0.15) is 0 Å². The van der Waals surface area contributed by atoms with Gasteiger partial charge in [0.15, 0.2) is 0 Å². The highest BCUT2D eigenvalue weighted by molar-refractivity contribution is 6.36. The Hall–Kier alpha value is -3.71. The molecule has 1 aliphatic heterocycles. The van der Waals surface area contributed by atoms with Crippen molar-refractivity contribution in [3.63, 3.8) is 0 Å². The van der Waals surface area contributed by atoms with Gasteiger partial charge < -0.3 is 20.5 Å². The van der Waals surface area contributed by atoms with Crippen LogP contribution in [0, 0.1) is 0 Å². The van der Waals surface area contributed by atoms with Crippen molar-refractivity contribution in [2.45, 2.75) is 6.42 Å². The van der Waals surface area contributed by atoms with Gasteiger partial charge in [-0.1, -0.05) is 12.1 Å². The lowest BCUT2D eigenvalue weighted by molar-refractivity contribution is -0.110. The minimum Gasteiger partial charge on any atom is -0.478 e. The number of H-pyrrole nitrogens is 1. The topological polar surface area (TPSA) is 115 Å². The van der Waals surface area contributed by atoms with Crippen LogP contribution in [0.1, 0.15) is 27.2 Å². The molecule has 0 bridgehead atoms. The lowest BCUT2D eigenvalue weighted by Gasteiger charge is -2.08. The van der Waals surface area contributed by atoms with Gasteiger partial charge in [-0.25, -0.2) is 4.79 Å². The van der Waals surface area contributed by atoms with Crippen LogP contribution in [-0.2, 0) is 11.2 Å². The molecule has 0 saturated heterocycles. The van der Waals surface area contributed by atoms with Gasteiger partial charge in [0.1, 0.15) is 0 Å². The second-order valence-electron chi connectivity index (χ2n) is 6.35. The molecule has 0 spiro atoms. The molecule has 4 N–H and O–H groups in total. The van der Waals surface area contributed by atoms with Gasteiger partial charge >= 0.3 is 5.97 Å². The molecule has 140 valence electrons. The van der Waals surface area contributed by atoms with Crippen molar-refractivity contribution in [3.05, 3.63) is 71.3 Å². The maximum atomic E-state index is 12.7. The Kier molecular flexibility index (Phi) is 4.50. The quantitative estimate of drug-likeness (QED) is 0.512. The number of amides is 1. The number of carbonyl (C=O) groups excluding carboxylic acids is 1. The minimum atomic E-state index is -1.09. The number of hydrogen-bond donors (Lipinski definition) is 4. The van der Waals surface area contributed by atoms with E-state index in [1.165, 1.54) is 6.20 Å². The summed E-state index contributed by atoms with van der Waals surface area (Å²) in [5, 5.41) is 21.5. The van der Waals surface area contributed by atoms with Crippen LogP contribution in [0.3, 0.4) is 0 Å². The molecule has 2 aromatic heterocycles. The largest absolute Gasteiger partial charge is 0.478 e. The maximum Gasteiger partial charge on any atom is 0.337 e. The van der Waals surface area contributed by atoms with Crippen molar-refractivity contribution in [1.82, 2.24) is 9.97 Å². The number of carboxylic acids is 1. The van der Waals surface area contributed by atoms with Gasteiger partial charge in [-0.3, -0.25) is 9.78 Å². The number of aliphatic hydroxyl groups is 1. The minimum absolute atomic E-state index is 0.0851. The van der Waals surface area contributed by atoms with Gasteiger partial charge in [0.05, 0.1) is 11.1 Å². The number of nitrogens with one attached hydrogen (secondary N) is 2. The SMILES string of the molecule is O=C1Nc2cccc(-c3ccncc3)c2C1=Cc1[nH]cc(C(=O)O)c1CCO. The number of benzene rings is 1. The number of rotatable bonds is 5. The summed E-state index contributed by atoms with van der Waals surface area (Å²) in [5.74, 6) is -1.35. The predicted molar refractivity (Wildman–Crippen MR) is 105 cm³/mol. The first-order valence-corrected chi connectivity index (χ1v) is 8.71. The molecule has 0 aliphatic carbocycles. The summed E-state index contributed by atoms with van der Waals surface area (Å²) in [6, 6.07) is 9.35. The number of aromatic carboxylic acids is 1. The standard InChI is InChI=1S/C21H17N3O4/c25-9-6-14-16(21(27)28)11-23-18(14)10-15-19-13(12-4-7-22-8-5-12)2-1-3-17(19)24-20(15)26/h1-5,7-8,10-11,23,25H,6,9H2,(H,24,26)(H,27,28). The van der Waals surface area contributed by atoms with Crippen molar-refractivity contribution in [1.29, 1.82) is 0 Å². The van der Waals surface area contributed by atoms with Crippen LogP contribution in [0.15, 0.2) is 48.9 Å². The van der Waals surface area contributed by atoms with Crippen LogP contribution in [0.5, 0.6) is 0 Å². The summed E-state index contributed by atoms with van der Waals surface area (Å²) in [6.07, 6.45) is 6.56. The zero-order valence-electron chi connectivity index (χ0n) is 14.8. The Morgan fingerprint density at radius 3 is 2.68 bits per heavy atom. The predicted octanol–water partition coefficient (Wildman–Crippen LogP) is 2.80. The van der Waals surface area contributed by atoms with E-state index in [0.29, 0.717) is 22.5 Å². The first-order valence-electron chi connectivity index (χ1n) is 8.71. The van der Waals surface area contributed by atoms with Gasteiger partial charge in [0.2, 0.25) is 0 Å². The molecule has 7 heteroatoms. The van der Waals surface area contributed by atoms with Crippen LogP contribution >= 0.6 is 0 Å². The summed E-state index contributed by atoms with van der Waals surface area (Å²) in [7, 11) is 0. The molecule has 3 aromatic rings. The van der Waals surface area contributed by atoms with Crippen LogP contribution < -0.4 is 5.32 Å². The van der Waals surface area contributed by atoms with Gasteiger partial charge in [0.25, 0.3) is 5.91 Å². The fourth-order valence-electron chi connectivity index (χ4n) is 3.47.